The van der Waals surface area contributed by atoms with Crippen LogP contribution >= 0.6 is 11.6 Å². The van der Waals surface area contributed by atoms with E-state index < -0.39 is 5.97 Å². The third kappa shape index (κ3) is 2.67. The minimum atomic E-state index is -0.739. The molecule has 0 spiro atoms. The summed E-state index contributed by atoms with van der Waals surface area (Å²) in [6.45, 7) is 0. The summed E-state index contributed by atoms with van der Waals surface area (Å²) in [6.07, 6.45) is 5.69. The number of carboxylic acids is 1. The molecular formula is C9H15ClO2. The Morgan fingerprint density at radius 1 is 1.50 bits per heavy atom. The molecule has 0 heterocycles. The van der Waals surface area contributed by atoms with Crippen molar-refractivity contribution >= 4 is 17.6 Å². The molecule has 1 unspecified atom stereocenters. The molecule has 1 rings (SSSR count). The first-order valence-corrected chi connectivity index (χ1v) is 5.06. The molecule has 3 heteroatoms. The Kier molecular flexibility index (Phi) is 3.86. The number of aliphatic carboxylic acids is 1. The molecule has 0 aromatic carbocycles. The topological polar surface area (TPSA) is 37.3 Å². The van der Waals surface area contributed by atoms with E-state index in [4.69, 9.17) is 16.7 Å². The van der Waals surface area contributed by atoms with E-state index in [9.17, 15) is 4.79 Å². The second kappa shape index (κ2) is 4.70. The zero-order valence-corrected chi connectivity index (χ0v) is 7.89. The molecule has 1 aliphatic carbocycles. The van der Waals surface area contributed by atoms with E-state index >= 15 is 0 Å². The quantitative estimate of drug-likeness (QED) is 0.692. The molecule has 2 nitrogen and oxygen atoms in total. The molecular weight excluding hydrogens is 176 g/mol. The largest absolute Gasteiger partial charge is 0.481 e. The maximum Gasteiger partial charge on any atom is 0.307 e. The summed E-state index contributed by atoms with van der Waals surface area (Å²) in [5.74, 6) is -0.192. The first-order valence-electron chi connectivity index (χ1n) is 4.52. The van der Waals surface area contributed by atoms with Gasteiger partial charge in [0.15, 0.2) is 0 Å². The number of carboxylic acid groups (broad SMARTS) is 1. The van der Waals surface area contributed by atoms with Crippen LogP contribution in [0.5, 0.6) is 0 Å². The fourth-order valence-corrected chi connectivity index (χ4v) is 2.14. The zero-order chi connectivity index (χ0) is 8.97. The van der Waals surface area contributed by atoms with Crippen LogP contribution in [-0.4, -0.2) is 17.0 Å². The highest BCUT2D eigenvalue weighted by Gasteiger charge is 2.23. The third-order valence-electron chi connectivity index (χ3n) is 2.63. The van der Waals surface area contributed by atoms with E-state index in [-0.39, 0.29) is 11.8 Å². The van der Waals surface area contributed by atoms with Crippen molar-refractivity contribution in [2.75, 3.05) is 5.88 Å². The van der Waals surface area contributed by atoms with Gasteiger partial charge in [-0.15, -0.1) is 11.6 Å². The van der Waals surface area contributed by atoms with Crippen molar-refractivity contribution in [3.8, 4) is 0 Å². The lowest BCUT2D eigenvalue weighted by molar-refractivity contribution is -0.141. The van der Waals surface area contributed by atoms with Crippen molar-refractivity contribution in [2.24, 2.45) is 11.8 Å². The van der Waals surface area contributed by atoms with E-state index in [1.807, 2.05) is 0 Å². The summed E-state index contributed by atoms with van der Waals surface area (Å²) in [7, 11) is 0. The Bertz CT molecular complexity index is 153. The monoisotopic (exact) mass is 190 g/mol. The lowest BCUT2D eigenvalue weighted by Crippen LogP contribution is -2.18. The van der Waals surface area contributed by atoms with Crippen LogP contribution in [0.25, 0.3) is 0 Å². The summed E-state index contributed by atoms with van der Waals surface area (Å²) in [5, 5.41) is 8.75. The van der Waals surface area contributed by atoms with Crippen LogP contribution in [0.1, 0.15) is 32.1 Å². The molecule has 0 bridgehead atoms. The fourth-order valence-electron chi connectivity index (χ4n) is 1.88. The lowest BCUT2D eigenvalue weighted by Gasteiger charge is -2.13. The fraction of sp³-hybridized carbons (Fsp3) is 0.889. The van der Waals surface area contributed by atoms with E-state index in [0.29, 0.717) is 5.92 Å². The van der Waals surface area contributed by atoms with Crippen molar-refractivity contribution in [3.05, 3.63) is 0 Å². The maximum absolute atomic E-state index is 10.6. The Morgan fingerprint density at radius 2 is 2.08 bits per heavy atom. The Labute approximate surface area is 77.9 Å². The second-order valence-corrected chi connectivity index (χ2v) is 3.88. The van der Waals surface area contributed by atoms with Crippen LogP contribution in [0.4, 0.5) is 0 Å². The van der Waals surface area contributed by atoms with Crippen molar-refractivity contribution in [3.63, 3.8) is 0 Å². The van der Waals surface area contributed by atoms with Crippen LogP contribution in [0, 0.1) is 11.8 Å². The van der Waals surface area contributed by atoms with E-state index in [2.05, 4.69) is 0 Å². The summed E-state index contributed by atoms with van der Waals surface area (Å²) in [5.41, 5.74) is 0. The average molecular weight is 191 g/mol. The Balaban J connectivity index is 2.30. The molecule has 0 radical (unpaired) electrons. The van der Waals surface area contributed by atoms with E-state index in [1.54, 1.807) is 0 Å². The van der Waals surface area contributed by atoms with Gasteiger partial charge in [0.25, 0.3) is 0 Å². The third-order valence-corrected chi connectivity index (χ3v) is 3.00. The molecule has 70 valence electrons. The predicted octanol–water partition coefficient (Wildman–Crippen LogP) is 2.51. The minimum absolute atomic E-state index is 0.256. The molecule has 0 amide bonds. The van der Waals surface area contributed by atoms with Gasteiger partial charge in [-0.25, -0.2) is 0 Å². The number of carbonyl (C=O) groups is 1. The van der Waals surface area contributed by atoms with Crippen LogP contribution in [-0.2, 0) is 4.79 Å². The lowest BCUT2D eigenvalue weighted by atomic mass is 9.95. The highest BCUT2D eigenvalue weighted by atomic mass is 35.5. The molecule has 0 aromatic heterocycles. The van der Waals surface area contributed by atoms with Gasteiger partial charge in [0.05, 0.1) is 5.92 Å². The first-order chi connectivity index (χ1) is 5.74. The smallest absolute Gasteiger partial charge is 0.307 e. The average Bonchev–Trinajstić information content (AvgIpc) is 2.51. The molecule has 1 N–H and O–H groups in total. The molecule has 1 atom stereocenters. The highest BCUT2D eigenvalue weighted by molar-refractivity contribution is 6.19. The van der Waals surface area contributed by atoms with Gasteiger partial charge in [0.1, 0.15) is 0 Å². The number of hydrogen-bond donors (Lipinski definition) is 1. The summed E-state index contributed by atoms with van der Waals surface area (Å²) in [6, 6.07) is 0. The molecule has 1 fully saturated rings. The summed E-state index contributed by atoms with van der Waals surface area (Å²) >= 11 is 5.56. The SMILES string of the molecule is O=C(O)C(CCl)CC1CCCC1. The van der Waals surface area contributed by atoms with Crippen molar-refractivity contribution in [2.45, 2.75) is 32.1 Å². The van der Waals surface area contributed by atoms with Crippen molar-refractivity contribution in [1.82, 2.24) is 0 Å². The molecule has 0 aromatic rings. The minimum Gasteiger partial charge on any atom is -0.481 e. The van der Waals surface area contributed by atoms with Crippen LogP contribution in [0.15, 0.2) is 0 Å². The molecule has 12 heavy (non-hydrogen) atoms. The molecule has 0 aliphatic heterocycles. The van der Waals surface area contributed by atoms with Crippen molar-refractivity contribution in [1.29, 1.82) is 0 Å². The van der Waals surface area contributed by atoms with Gasteiger partial charge >= 0.3 is 5.97 Å². The highest BCUT2D eigenvalue weighted by Crippen LogP contribution is 2.30. The Morgan fingerprint density at radius 3 is 2.50 bits per heavy atom. The predicted molar refractivity (Wildman–Crippen MR) is 48.4 cm³/mol. The number of alkyl halides is 1. The van der Waals surface area contributed by atoms with Gasteiger partial charge in [-0.1, -0.05) is 25.7 Å². The van der Waals surface area contributed by atoms with Gasteiger partial charge in [-0.3, -0.25) is 4.79 Å². The number of halogens is 1. The van der Waals surface area contributed by atoms with E-state index in [0.717, 1.165) is 6.42 Å². The van der Waals surface area contributed by atoms with Crippen molar-refractivity contribution < 1.29 is 9.90 Å². The van der Waals surface area contributed by atoms with Crippen LogP contribution in [0.3, 0.4) is 0 Å². The number of rotatable bonds is 4. The van der Waals surface area contributed by atoms with Gasteiger partial charge in [-0.05, 0) is 12.3 Å². The molecule has 1 saturated carbocycles. The van der Waals surface area contributed by atoms with Gasteiger partial charge < -0.3 is 5.11 Å². The summed E-state index contributed by atoms with van der Waals surface area (Å²) in [4.78, 5) is 10.6. The van der Waals surface area contributed by atoms with Gasteiger partial charge in [0, 0.05) is 5.88 Å². The first kappa shape index (κ1) is 9.85. The van der Waals surface area contributed by atoms with Gasteiger partial charge in [0.2, 0.25) is 0 Å². The van der Waals surface area contributed by atoms with Crippen LogP contribution < -0.4 is 0 Å². The second-order valence-electron chi connectivity index (χ2n) is 3.58. The normalized spacial score (nSPS) is 21.1. The van der Waals surface area contributed by atoms with Crippen LogP contribution in [0.2, 0.25) is 0 Å². The molecule has 0 saturated heterocycles. The number of hydrogen-bond acceptors (Lipinski definition) is 1. The Hall–Kier alpha value is -0.240. The maximum atomic E-state index is 10.6. The summed E-state index contributed by atoms with van der Waals surface area (Å²) < 4.78 is 0. The van der Waals surface area contributed by atoms with E-state index in [1.165, 1.54) is 25.7 Å². The molecule has 1 aliphatic rings. The van der Waals surface area contributed by atoms with Gasteiger partial charge in [-0.2, -0.15) is 0 Å². The zero-order valence-electron chi connectivity index (χ0n) is 7.13. The standard InChI is InChI=1S/C9H15ClO2/c10-6-8(9(11)12)5-7-3-1-2-4-7/h7-8H,1-6H2,(H,11,12).